The SMILES string of the molecule is C[C@H](N)c1cncn1CC1CC=CCC1. The molecule has 15 heavy (non-hydrogen) atoms. The van der Waals surface area contributed by atoms with Crippen LogP contribution < -0.4 is 5.73 Å². The van der Waals surface area contributed by atoms with Crippen LogP contribution in [0.15, 0.2) is 24.7 Å². The standard InChI is InChI=1S/C12H19N3/c1-10(13)12-7-14-9-15(12)8-11-5-3-2-4-6-11/h2-3,7,9-11H,4-6,8,13H2,1H3/t10-,11?/m0/s1. The molecule has 0 bridgehead atoms. The van der Waals surface area contributed by atoms with Gasteiger partial charge in [-0.25, -0.2) is 4.98 Å². The molecular weight excluding hydrogens is 186 g/mol. The van der Waals surface area contributed by atoms with Crippen molar-refractivity contribution in [3.8, 4) is 0 Å². The second kappa shape index (κ2) is 4.62. The van der Waals surface area contributed by atoms with Crippen molar-refractivity contribution in [3.63, 3.8) is 0 Å². The summed E-state index contributed by atoms with van der Waals surface area (Å²) < 4.78 is 2.20. The molecule has 3 nitrogen and oxygen atoms in total. The van der Waals surface area contributed by atoms with Crippen molar-refractivity contribution in [3.05, 3.63) is 30.4 Å². The van der Waals surface area contributed by atoms with Crippen molar-refractivity contribution in [2.75, 3.05) is 0 Å². The molecule has 1 aliphatic carbocycles. The summed E-state index contributed by atoms with van der Waals surface area (Å²) in [5, 5.41) is 0. The van der Waals surface area contributed by atoms with Crippen LogP contribution >= 0.6 is 0 Å². The van der Waals surface area contributed by atoms with Crippen molar-refractivity contribution in [2.24, 2.45) is 11.7 Å². The van der Waals surface area contributed by atoms with E-state index in [1.165, 1.54) is 19.3 Å². The highest BCUT2D eigenvalue weighted by Crippen LogP contribution is 2.21. The Morgan fingerprint density at radius 3 is 3.13 bits per heavy atom. The molecule has 0 amide bonds. The highest BCUT2D eigenvalue weighted by Gasteiger charge is 2.13. The number of nitrogens with zero attached hydrogens (tertiary/aromatic N) is 2. The predicted octanol–water partition coefficient (Wildman–Crippen LogP) is 2.26. The average molecular weight is 205 g/mol. The van der Waals surface area contributed by atoms with Crippen molar-refractivity contribution in [1.29, 1.82) is 0 Å². The fraction of sp³-hybridized carbons (Fsp3) is 0.583. The minimum atomic E-state index is 0.0756. The van der Waals surface area contributed by atoms with Crippen LogP contribution in [-0.4, -0.2) is 9.55 Å². The van der Waals surface area contributed by atoms with Gasteiger partial charge in [0.2, 0.25) is 0 Å². The first kappa shape index (κ1) is 10.4. The van der Waals surface area contributed by atoms with Crippen LogP contribution in [0.5, 0.6) is 0 Å². The summed E-state index contributed by atoms with van der Waals surface area (Å²) in [6.45, 7) is 3.06. The Balaban J connectivity index is 2.03. The summed E-state index contributed by atoms with van der Waals surface area (Å²) in [5.41, 5.74) is 7.03. The molecule has 1 heterocycles. The molecule has 0 aliphatic heterocycles. The van der Waals surface area contributed by atoms with E-state index >= 15 is 0 Å². The van der Waals surface area contributed by atoms with E-state index in [4.69, 9.17) is 5.73 Å². The third-order valence-corrected chi connectivity index (χ3v) is 3.04. The van der Waals surface area contributed by atoms with E-state index in [0.29, 0.717) is 0 Å². The van der Waals surface area contributed by atoms with Crippen LogP contribution in [-0.2, 0) is 6.54 Å². The second-order valence-electron chi connectivity index (χ2n) is 4.41. The average Bonchev–Trinajstić information content (AvgIpc) is 2.67. The topological polar surface area (TPSA) is 43.8 Å². The molecule has 2 atom stereocenters. The van der Waals surface area contributed by atoms with Gasteiger partial charge >= 0.3 is 0 Å². The van der Waals surface area contributed by atoms with E-state index in [9.17, 15) is 0 Å². The maximum absolute atomic E-state index is 5.89. The molecule has 0 aromatic carbocycles. The first-order valence-electron chi connectivity index (χ1n) is 5.68. The van der Waals surface area contributed by atoms with Gasteiger partial charge in [0.1, 0.15) is 0 Å². The molecule has 0 saturated heterocycles. The Labute approximate surface area is 91.0 Å². The third-order valence-electron chi connectivity index (χ3n) is 3.04. The lowest BCUT2D eigenvalue weighted by molar-refractivity contribution is 0.401. The van der Waals surface area contributed by atoms with Gasteiger partial charge in [0.05, 0.1) is 12.0 Å². The Bertz CT molecular complexity index is 338. The third kappa shape index (κ3) is 2.48. The monoisotopic (exact) mass is 205 g/mol. The summed E-state index contributed by atoms with van der Waals surface area (Å²) in [6.07, 6.45) is 12.0. The normalized spacial score (nSPS) is 22.9. The number of nitrogens with two attached hydrogens (primary N) is 1. The first-order chi connectivity index (χ1) is 7.27. The highest BCUT2D eigenvalue weighted by molar-refractivity contribution is 5.03. The molecular formula is C12H19N3. The van der Waals surface area contributed by atoms with Crippen LogP contribution in [0.2, 0.25) is 0 Å². The molecule has 1 unspecified atom stereocenters. The second-order valence-corrected chi connectivity index (χ2v) is 4.41. The van der Waals surface area contributed by atoms with Crippen LogP contribution in [0.3, 0.4) is 0 Å². The number of hydrogen-bond acceptors (Lipinski definition) is 2. The van der Waals surface area contributed by atoms with Gasteiger partial charge in [0.15, 0.2) is 0 Å². The predicted molar refractivity (Wildman–Crippen MR) is 61.3 cm³/mol. The van der Waals surface area contributed by atoms with Crippen LogP contribution in [0, 0.1) is 5.92 Å². The van der Waals surface area contributed by atoms with E-state index in [-0.39, 0.29) is 6.04 Å². The van der Waals surface area contributed by atoms with Gasteiger partial charge in [-0.1, -0.05) is 12.2 Å². The molecule has 1 aromatic rings. The van der Waals surface area contributed by atoms with Gasteiger partial charge in [-0.15, -0.1) is 0 Å². The van der Waals surface area contributed by atoms with E-state index in [1.807, 2.05) is 19.4 Å². The van der Waals surface area contributed by atoms with Crippen molar-refractivity contribution < 1.29 is 0 Å². The molecule has 0 radical (unpaired) electrons. The largest absolute Gasteiger partial charge is 0.333 e. The maximum atomic E-state index is 5.89. The van der Waals surface area contributed by atoms with Gasteiger partial charge in [0, 0.05) is 18.8 Å². The quantitative estimate of drug-likeness (QED) is 0.769. The molecule has 0 saturated carbocycles. The fourth-order valence-corrected chi connectivity index (χ4v) is 2.16. The van der Waals surface area contributed by atoms with Crippen LogP contribution in [0.25, 0.3) is 0 Å². The van der Waals surface area contributed by atoms with Gasteiger partial charge in [-0.2, -0.15) is 0 Å². The molecule has 2 N–H and O–H groups in total. The Kier molecular flexibility index (Phi) is 3.21. The molecule has 2 rings (SSSR count). The Morgan fingerprint density at radius 1 is 1.60 bits per heavy atom. The zero-order valence-electron chi connectivity index (χ0n) is 9.26. The number of rotatable bonds is 3. The van der Waals surface area contributed by atoms with E-state index < -0.39 is 0 Å². The molecule has 0 fully saturated rings. The molecule has 82 valence electrons. The summed E-state index contributed by atoms with van der Waals surface area (Å²) in [4.78, 5) is 4.17. The first-order valence-corrected chi connectivity index (χ1v) is 5.68. The number of imidazole rings is 1. The van der Waals surface area contributed by atoms with E-state index in [0.717, 1.165) is 18.2 Å². The zero-order valence-corrected chi connectivity index (χ0v) is 9.26. The van der Waals surface area contributed by atoms with Crippen LogP contribution in [0.4, 0.5) is 0 Å². The number of allylic oxidation sites excluding steroid dienone is 2. The Morgan fingerprint density at radius 2 is 2.47 bits per heavy atom. The van der Waals surface area contributed by atoms with Crippen molar-refractivity contribution in [2.45, 2.75) is 38.8 Å². The molecule has 3 heteroatoms. The fourth-order valence-electron chi connectivity index (χ4n) is 2.16. The van der Waals surface area contributed by atoms with Gasteiger partial charge in [0.25, 0.3) is 0 Å². The lowest BCUT2D eigenvalue weighted by atomic mass is 9.94. The lowest BCUT2D eigenvalue weighted by Crippen LogP contribution is -2.17. The van der Waals surface area contributed by atoms with Gasteiger partial charge < -0.3 is 10.3 Å². The minimum absolute atomic E-state index is 0.0756. The summed E-state index contributed by atoms with van der Waals surface area (Å²) in [7, 11) is 0. The van der Waals surface area contributed by atoms with Crippen LogP contribution in [0.1, 0.15) is 37.9 Å². The lowest BCUT2D eigenvalue weighted by Gasteiger charge is -2.20. The number of hydrogen-bond donors (Lipinski definition) is 1. The number of aromatic nitrogens is 2. The maximum Gasteiger partial charge on any atom is 0.0948 e. The van der Waals surface area contributed by atoms with Crippen molar-refractivity contribution >= 4 is 0 Å². The summed E-state index contributed by atoms with van der Waals surface area (Å²) >= 11 is 0. The summed E-state index contributed by atoms with van der Waals surface area (Å²) in [6, 6.07) is 0.0756. The van der Waals surface area contributed by atoms with Gasteiger partial charge in [-0.3, -0.25) is 0 Å². The summed E-state index contributed by atoms with van der Waals surface area (Å²) in [5.74, 6) is 0.752. The minimum Gasteiger partial charge on any atom is -0.333 e. The highest BCUT2D eigenvalue weighted by atomic mass is 15.1. The van der Waals surface area contributed by atoms with Gasteiger partial charge in [-0.05, 0) is 32.1 Å². The molecule has 0 spiro atoms. The van der Waals surface area contributed by atoms with Crippen molar-refractivity contribution in [1.82, 2.24) is 9.55 Å². The van der Waals surface area contributed by atoms with E-state index in [1.54, 1.807) is 0 Å². The molecule has 1 aromatic heterocycles. The molecule has 1 aliphatic rings. The zero-order chi connectivity index (χ0) is 10.7. The smallest absolute Gasteiger partial charge is 0.0948 e. The van der Waals surface area contributed by atoms with E-state index in [2.05, 4.69) is 21.7 Å². The Hall–Kier alpha value is -1.09.